The van der Waals surface area contributed by atoms with Crippen LogP contribution >= 0.6 is 11.5 Å². The number of anilines is 1. The van der Waals surface area contributed by atoms with Gasteiger partial charge in [-0.1, -0.05) is 36.4 Å². The smallest absolute Gasteiger partial charge is 0.352 e. The third-order valence-corrected chi connectivity index (χ3v) is 6.37. The van der Waals surface area contributed by atoms with Gasteiger partial charge in [0, 0.05) is 43.2 Å². The number of halogens is 3. The van der Waals surface area contributed by atoms with Gasteiger partial charge in [0.15, 0.2) is 0 Å². The van der Waals surface area contributed by atoms with Gasteiger partial charge in [0.05, 0.1) is 5.56 Å². The molecule has 0 unspecified atom stereocenters. The minimum absolute atomic E-state index is 0.0251. The van der Waals surface area contributed by atoms with E-state index in [4.69, 9.17) is 0 Å². The molecule has 1 aliphatic rings. The molecule has 0 radical (unpaired) electrons. The van der Waals surface area contributed by atoms with E-state index in [1.807, 2.05) is 18.2 Å². The first-order valence-electron chi connectivity index (χ1n) is 10.5. The SMILES string of the molecule is O=C(NCC1CCN(c2nc(Cc3ccccc3)ns2)CC1)c1cccc(C(F)(F)F)c1. The van der Waals surface area contributed by atoms with Crippen LogP contribution in [0.15, 0.2) is 54.6 Å². The number of carbonyl (C=O) groups is 1. The molecule has 0 saturated carbocycles. The molecule has 5 nitrogen and oxygen atoms in total. The highest BCUT2D eigenvalue weighted by molar-refractivity contribution is 7.09. The highest BCUT2D eigenvalue weighted by Gasteiger charge is 2.31. The van der Waals surface area contributed by atoms with Crippen molar-refractivity contribution in [2.75, 3.05) is 24.5 Å². The molecular formula is C23H23F3N4OS. The van der Waals surface area contributed by atoms with E-state index < -0.39 is 17.6 Å². The van der Waals surface area contributed by atoms with Crippen LogP contribution in [-0.2, 0) is 12.6 Å². The van der Waals surface area contributed by atoms with E-state index in [1.165, 1.54) is 29.2 Å². The Kier molecular flexibility index (Phi) is 6.74. The summed E-state index contributed by atoms with van der Waals surface area (Å²) in [6.45, 7) is 2.06. The molecule has 0 bridgehead atoms. The van der Waals surface area contributed by atoms with Gasteiger partial charge in [-0.3, -0.25) is 4.79 Å². The largest absolute Gasteiger partial charge is 0.416 e. The van der Waals surface area contributed by atoms with E-state index in [1.54, 1.807) is 0 Å². The molecule has 1 aromatic heterocycles. The molecule has 0 aliphatic carbocycles. The number of hydrogen-bond donors (Lipinski definition) is 1. The number of piperidine rings is 1. The van der Waals surface area contributed by atoms with Gasteiger partial charge in [-0.15, -0.1) is 0 Å². The summed E-state index contributed by atoms with van der Waals surface area (Å²) in [5.74, 6) is 0.609. The molecule has 168 valence electrons. The van der Waals surface area contributed by atoms with Crippen LogP contribution in [0.25, 0.3) is 0 Å². The summed E-state index contributed by atoms with van der Waals surface area (Å²) in [5.41, 5.74) is 0.381. The summed E-state index contributed by atoms with van der Waals surface area (Å²) in [6, 6.07) is 14.6. The number of nitrogens with one attached hydrogen (secondary N) is 1. The van der Waals surface area contributed by atoms with Gasteiger partial charge in [0.25, 0.3) is 5.91 Å². The number of alkyl halides is 3. The summed E-state index contributed by atoms with van der Waals surface area (Å²) in [4.78, 5) is 19.2. The van der Waals surface area contributed by atoms with E-state index >= 15 is 0 Å². The maximum absolute atomic E-state index is 12.9. The highest BCUT2D eigenvalue weighted by Crippen LogP contribution is 2.29. The van der Waals surface area contributed by atoms with Crippen molar-refractivity contribution in [2.24, 2.45) is 5.92 Å². The van der Waals surface area contributed by atoms with Gasteiger partial charge in [-0.25, -0.2) is 4.98 Å². The molecule has 0 atom stereocenters. The van der Waals surface area contributed by atoms with Crippen LogP contribution in [0, 0.1) is 5.92 Å². The van der Waals surface area contributed by atoms with Gasteiger partial charge < -0.3 is 10.2 Å². The van der Waals surface area contributed by atoms with Crippen molar-refractivity contribution in [1.29, 1.82) is 0 Å². The molecule has 3 aromatic rings. The van der Waals surface area contributed by atoms with Crippen LogP contribution in [-0.4, -0.2) is 34.9 Å². The average Bonchev–Trinajstić information content (AvgIpc) is 3.26. The Morgan fingerprint density at radius 3 is 2.56 bits per heavy atom. The fourth-order valence-corrected chi connectivity index (χ4v) is 4.46. The molecule has 32 heavy (non-hydrogen) atoms. The molecular weight excluding hydrogens is 437 g/mol. The summed E-state index contributed by atoms with van der Waals surface area (Å²) >= 11 is 1.40. The zero-order valence-electron chi connectivity index (χ0n) is 17.3. The maximum atomic E-state index is 12.9. The van der Waals surface area contributed by atoms with Crippen molar-refractivity contribution < 1.29 is 18.0 Å². The lowest BCUT2D eigenvalue weighted by Gasteiger charge is -2.31. The van der Waals surface area contributed by atoms with E-state index in [9.17, 15) is 18.0 Å². The second kappa shape index (κ2) is 9.68. The average molecular weight is 461 g/mol. The molecule has 1 aliphatic heterocycles. The summed E-state index contributed by atoms with van der Waals surface area (Å²) in [6.07, 6.45) is -2.02. The Morgan fingerprint density at radius 2 is 1.84 bits per heavy atom. The molecule has 1 amide bonds. The summed E-state index contributed by atoms with van der Waals surface area (Å²) < 4.78 is 43.0. The highest BCUT2D eigenvalue weighted by atomic mass is 32.1. The van der Waals surface area contributed by atoms with E-state index in [2.05, 4.69) is 31.7 Å². The van der Waals surface area contributed by atoms with Crippen LogP contribution in [0.4, 0.5) is 18.3 Å². The van der Waals surface area contributed by atoms with Gasteiger partial charge in [0.1, 0.15) is 5.82 Å². The van der Waals surface area contributed by atoms with E-state index in [0.717, 1.165) is 49.0 Å². The van der Waals surface area contributed by atoms with Gasteiger partial charge in [-0.2, -0.15) is 17.5 Å². The number of hydrogen-bond acceptors (Lipinski definition) is 5. The molecule has 1 saturated heterocycles. The lowest BCUT2D eigenvalue weighted by atomic mass is 9.97. The van der Waals surface area contributed by atoms with Crippen molar-refractivity contribution in [3.8, 4) is 0 Å². The Morgan fingerprint density at radius 1 is 1.09 bits per heavy atom. The number of carbonyl (C=O) groups excluding carboxylic acids is 1. The van der Waals surface area contributed by atoms with Gasteiger partial charge in [-0.05, 0) is 42.5 Å². The predicted molar refractivity (Wildman–Crippen MR) is 118 cm³/mol. The zero-order chi connectivity index (χ0) is 22.6. The maximum Gasteiger partial charge on any atom is 0.416 e. The predicted octanol–water partition coefficient (Wildman–Crippen LogP) is 4.79. The monoisotopic (exact) mass is 460 g/mol. The Labute approximate surface area is 188 Å². The summed E-state index contributed by atoms with van der Waals surface area (Å²) in [5, 5.41) is 3.69. The van der Waals surface area contributed by atoms with Crippen molar-refractivity contribution in [1.82, 2.24) is 14.7 Å². The first kappa shape index (κ1) is 22.3. The Hall–Kier alpha value is -2.94. The molecule has 0 spiro atoms. The molecule has 1 N–H and O–H groups in total. The minimum atomic E-state index is -4.46. The van der Waals surface area contributed by atoms with E-state index in [0.29, 0.717) is 13.0 Å². The van der Waals surface area contributed by atoms with Crippen LogP contribution in [0.3, 0.4) is 0 Å². The van der Waals surface area contributed by atoms with Crippen molar-refractivity contribution in [2.45, 2.75) is 25.4 Å². The van der Waals surface area contributed by atoms with Crippen LogP contribution in [0.2, 0.25) is 0 Å². The second-order valence-corrected chi connectivity index (χ2v) is 8.60. The van der Waals surface area contributed by atoms with Gasteiger partial charge >= 0.3 is 6.18 Å². The van der Waals surface area contributed by atoms with Crippen molar-refractivity contribution in [3.05, 3.63) is 77.1 Å². The topological polar surface area (TPSA) is 58.1 Å². The molecule has 2 heterocycles. The molecule has 9 heteroatoms. The Balaban J connectivity index is 1.25. The summed E-state index contributed by atoms with van der Waals surface area (Å²) in [7, 11) is 0. The number of rotatable bonds is 6. The molecule has 4 rings (SSSR count). The van der Waals surface area contributed by atoms with E-state index in [-0.39, 0.29) is 11.5 Å². The minimum Gasteiger partial charge on any atom is -0.352 e. The third kappa shape index (κ3) is 5.64. The fraction of sp³-hybridized carbons (Fsp3) is 0.348. The standard InChI is InChI=1S/C23H23F3N4OS/c24-23(25,26)19-8-4-7-18(14-19)21(31)27-15-17-9-11-30(12-10-17)22-28-20(29-32-22)13-16-5-2-1-3-6-16/h1-8,14,17H,9-13,15H2,(H,27,31). The fourth-order valence-electron chi connectivity index (χ4n) is 3.73. The lowest BCUT2D eigenvalue weighted by molar-refractivity contribution is -0.137. The molecule has 1 fully saturated rings. The van der Waals surface area contributed by atoms with Crippen LogP contribution < -0.4 is 10.2 Å². The normalized spacial score (nSPS) is 15.0. The van der Waals surface area contributed by atoms with Gasteiger partial charge in [0.2, 0.25) is 5.13 Å². The lowest BCUT2D eigenvalue weighted by Crippen LogP contribution is -2.38. The number of amides is 1. The zero-order valence-corrected chi connectivity index (χ0v) is 18.1. The quantitative estimate of drug-likeness (QED) is 0.575. The number of aromatic nitrogens is 2. The first-order valence-corrected chi connectivity index (χ1v) is 11.2. The third-order valence-electron chi connectivity index (χ3n) is 5.55. The van der Waals surface area contributed by atoms with Crippen LogP contribution in [0.1, 0.15) is 40.2 Å². The second-order valence-electron chi connectivity index (χ2n) is 7.87. The number of nitrogens with zero attached hydrogens (tertiary/aromatic N) is 3. The van der Waals surface area contributed by atoms with Crippen molar-refractivity contribution >= 4 is 22.6 Å². The number of benzene rings is 2. The van der Waals surface area contributed by atoms with Crippen molar-refractivity contribution in [3.63, 3.8) is 0 Å². The van der Waals surface area contributed by atoms with Crippen LogP contribution in [0.5, 0.6) is 0 Å². The molecule has 2 aromatic carbocycles. The Bertz CT molecular complexity index is 1050. The first-order chi connectivity index (χ1) is 15.4.